The molecule has 0 atom stereocenters. The summed E-state index contributed by atoms with van der Waals surface area (Å²) in [7, 11) is 0. The van der Waals surface area contributed by atoms with Gasteiger partial charge in [-0.1, -0.05) is 29.3 Å². The first kappa shape index (κ1) is 15.3. The van der Waals surface area contributed by atoms with Gasteiger partial charge in [-0.05, 0) is 30.3 Å². The Bertz CT molecular complexity index is 641. The van der Waals surface area contributed by atoms with Crippen LogP contribution in [0, 0.1) is 11.6 Å². The first-order valence-corrected chi connectivity index (χ1v) is 7.28. The van der Waals surface area contributed by atoms with Gasteiger partial charge in [-0.2, -0.15) is 0 Å². The quantitative estimate of drug-likeness (QED) is 0.562. The molecular weight excluding hydrogens is 325 g/mol. The summed E-state index contributed by atoms with van der Waals surface area (Å²) >= 11 is 12.9. The normalized spacial score (nSPS) is 10.6. The zero-order valence-corrected chi connectivity index (χ0v) is 12.3. The van der Waals surface area contributed by atoms with Crippen molar-refractivity contribution in [3.8, 4) is 0 Å². The fourth-order valence-corrected chi connectivity index (χ4v) is 2.93. The van der Waals surface area contributed by atoms with Gasteiger partial charge in [-0.3, -0.25) is 4.79 Å². The van der Waals surface area contributed by atoms with E-state index in [4.69, 9.17) is 23.2 Å². The smallest absolute Gasteiger partial charge is 0.178 e. The Hall–Kier alpha value is -1.10. The van der Waals surface area contributed by atoms with E-state index in [-0.39, 0.29) is 5.75 Å². The fourth-order valence-electron chi connectivity index (χ4n) is 1.57. The lowest BCUT2D eigenvalue weighted by Crippen LogP contribution is -2.08. The Morgan fingerprint density at radius 2 is 1.75 bits per heavy atom. The summed E-state index contributed by atoms with van der Waals surface area (Å²) in [5.74, 6) is -2.50. The molecule has 0 spiro atoms. The molecule has 0 aliphatic rings. The van der Waals surface area contributed by atoms with Gasteiger partial charge >= 0.3 is 0 Å². The number of ketones is 1. The van der Waals surface area contributed by atoms with Crippen molar-refractivity contribution in [2.24, 2.45) is 0 Å². The minimum Gasteiger partial charge on any atom is -0.293 e. The highest BCUT2D eigenvalue weighted by Gasteiger charge is 2.17. The third-order valence-electron chi connectivity index (χ3n) is 2.49. The van der Waals surface area contributed by atoms with Crippen molar-refractivity contribution in [1.82, 2.24) is 0 Å². The number of benzene rings is 2. The number of carbonyl (C=O) groups is 1. The molecule has 0 aliphatic heterocycles. The van der Waals surface area contributed by atoms with Crippen LogP contribution in [-0.4, -0.2) is 11.5 Å². The molecule has 0 saturated carbocycles. The van der Waals surface area contributed by atoms with E-state index in [0.29, 0.717) is 14.9 Å². The molecule has 0 N–H and O–H groups in total. The molecule has 2 aromatic rings. The van der Waals surface area contributed by atoms with Crippen LogP contribution in [0.5, 0.6) is 0 Å². The summed E-state index contributed by atoms with van der Waals surface area (Å²) in [6, 6.07) is 8.12. The number of hydrogen-bond acceptors (Lipinski definition) is 2. The molecule has 2 aromatic carbocycles. The SMILES string of the molecule is O=C(CSc1cc(Cl)ccc1Cl)c1c(F)cccc1F. The van der Waals surface area contributed by atoms with Crippen molar-refractivity contribution in [2.75, 3.05) is 5.75 Å². The summed E-state index contributed by atoms with van der Waals surface area (Å²) in [6.45, 7) is 0. The van der Waals surface area contributed by atoms with Crippen LogP contribution in [0.2, 0.25) is 10.0 Å². The average Bonchev–Trinajstić information content (AvgIpc) is 2.39. The summed E-state index contributed by atoms with van der Waals surface area (Å²) < 4.78 is 26.9. The van der Waals surface area contributed by atoms with Crippen LogP contribution in [0.25, 0.3) is 0 Å². The second-order valence-electron chi connectivity index (χ2n) is 3.88. The number of Topliss-reactive ketones (excluding diaryl/α,β-unsaturated/α-hetero) is 1. The van der Waals surface area contributed by atoms with Crippen LogP contribution in [0.1, 0.15) is 10.4 Å². The molecule has 0 fully saturated rings. The second kappa shape index (κ2) is 6.57. The van der Waals surface area contributed by atoms with E-state index in [9.17, 15) is 13.6 Å². The highest BCUT2D eigenvalue weighted by Crippen LogP contribution is 2.30. The highest BCUT2D eigenvalue weighted by molar-refractivity contribution is 8.00. The zero-order chi connectivity index (χ0) is 14.7. The molecule has 0 heterocycles. The minimum atomic E-state index is -0.868. The largest absolute Gasteiger partial charge is 0.293 e. The van der Waals surface area contributed by atoms with E-state index in [2.05, 4.69) is 0 Å². The molecule has 0 bridgehead atoms. The molecule has 0 aromatic heterocycles. The highest BCUT2D eigenvalue weighted by atomic mass is 35.5. The minimum absolute atomic E-state index is 0.127. The van der Waals surface area contributed by atoms with Gasteiger partial charge in [0.1, 0.15) is 11.6 Å². The maximum Gasteiger partial charge on any atom is 0.178 e. The Kier molecular flexibility index (Phi) is 5.02. The predicted octanol–water partition coefficient (Wildman–Crippen LogP) is 5.25. The molecule has 104 valence electrons. The van der Waals surface area contributed by atoms with E-state index < -0.39 is 23.0 Å². The summed E-state index contributed by atoms with van der Waals surface area (Å²) in [4.78, 5) is 12.5. The molecule has 2 rings (SSSR count). The molecule has 0 unspecified atom stereocenters. The lowest BCUT2D eigenvalue weighted by molar-refractivity contribution is 0.101. The van der Waals surface area contributed by atoms with E-state index in [1.807, 2.05) is 0 Å². The molecule has 1 nitrogen and oxygen atoms in total. The average molecular weight is 333 g/mol. The topological polar surface area (TPSA) is 17.1 Å². The van der Waals surface area contributed by atoms with Crippen LogP contribution >= 0.6 is 35.0 Å². The molecule has 0 radical (unpaired) electrons. The summed E-state index contributed by atoms with van der Waals surface area (Å²) in [5, 5.41) is 0.905. The molecule has 0 amide bonds. The number of carbonyl (C=O) groups excluding carboxylic acids is 1. The second-order valence-corrected chi connectivity index (χ2v) is 5.74. The predicted molar refractivity (Wildman–Crippen MR) is 77.9 cm³/mol. The molecular formula is C14H8Cl2F2OS. The van der Waals surface area contributed by atoms with Crippen molar-refractivity contribution in [3.63, 3.8) is 0 Å². The van der Waals surface area contributed by atoms with Crippen LogP contribution < -0.4 is 0 Å². The van der Waals surface area contributed by atoms with Crippen molar-refractivity contribution in [3.05, 3.63) is 63.6 Å². The third kappa shape index (κ3) is 3.51. The van der Waals surface area contributed by atoms with E-state index >= 15 is 0 Å². The third-order valence-corrected chi connectivity index (χ3v) is 4.23. The van der Waals surface area contributed by atoms with Crippen molar-refractivity contribution < 1.29 is 13.6 Å². The van der Waals surface area contributed by atoms with Gasteiger partial charge in [0, 0.05) is 9.92 Å². The monoisotopic (exact) mass is 332 g/mol. The lowest BCUT2D eigenvalue weighted by atomic mass is 10.1. The number of rotatable bonds is 4. The Balaban J connectivity index is 2.15. The Labute approximate surface area is 128 Å². The Morgan fingerprint density at radius 3 is 2.40 bits per heavy atom. The van der Waals surface area contributed by atoms with Crippen molar-refractivity contribution >= 4 is 40.7 Å². The zero-order valence-electron chi connectivity index (χ0n) is 10.00. The van der Waals surface area contributed by atoms with Crippen LogP contribution in [0.4, 0.5) is 8.78 Å². The van der Waals surface area contributed by atoms with Gasteiger partial charge in [0.15, 0.2) is 5.78 Å². The van der Waals surface area contributed by atoms with E-state index in [1.165, 1.54) is 6.07 Å². The maximum atomic E-state index is 13.5. The molecule has 20 heavy (non-hydrogen) atoms. The molecule has 0 aliphatic carbocycles. The van der Waals surface area contributed by atoms with Crippen molar-refractivity contribution in [2.45, 2.75) is 4.90 Å². The Morgan fingerprint density at radius 1 is 1.10 bits per heavy atom. The van der Waals surface area contributed by atoms with E-state index in [0.717, 1.165) is 23.9 Å². The standard InChI is InChI=1S/C14H8Cl2F2OS/c15-8-4-5-9(16)13(6-8)20-7-12(19)14-10(17)2-1-3-11(14)18/h1-6H,7H2. The van der Waals surface area contributed by atoms with Gasteiger partial charge in [0.05, 0.1) is 16.3 Å². The number of thioether (sulfide) groups is 1. The van der Waals surface area contributed by atoms with Crippen molar-refractivity contribution in [1.29, 1.82) is 0 Å². The summed E-state index contributed by atoms with van der Waals surface area (Å²) in [6.07, 6.45) is 0. The lowest BCUT2D eigenvalue weighted by Gasteiger charge is -2.06. The number of hydrogen-bond donors (Lipinski definition) is 0. The van der Waals surface area contributed by atoms with Gasteiger partial charge in [0.2, 0.25) is 0 Å². The van der Waals surface area contributed by atoms with Crippen LogP contribution in [0.3, 0.4) is 0 Å². The molecule has 0 saturated heterocycles. The van der Waals surface area contributed by atoms with Crippen LogP contribution in [-0.2, 0) is 0 Å². The fraction of sp³-hybridized carbons (Fsp3) is 0.0714. The number of halogens is 4. The van der Waals surface area contributed by atoms with E-state index in [1.54, 1.807) is 18.2 Å². The van der Waals surface area contributed by atoms with Gasteiger partial charge in [0.25, 0.3) is 0 Å². The van der Waals surface area contributed by atoms with Gasteiger partial charge in [-0.15, -0.1) is 11.8 Å². The first-order chi connectivity index (χ1) is 9.49. The summed E-state index contributed by atoms with van der Waals surface area (Å²) in [5.41, 5.74) is -0.529. The van der Waals surface area contributed by atoms with Gasteiger partial charge in [-0.25, -0.2) is 8.78 Å². The first-order valence-electron chi connectivity index (χ1n) is 5.54. The molecule has 6 heteroatoms. The van der Waals surface area contributed by atoms with Crippen LogP contribution in [0.15, 0.2) is 41.3 Å². The maximum absolute atomic E-state index is 13.5. The van der Waals surface area contributed by atoms with Gasteiger partial charge < -0.3 is 0 Å².